The number of H-pyrrole nitrogens is 2. The van der Waals surface area contributed by atoms with Gasteiger partial charge >= 0.3 is 6.03 Å². The largest absolute Gasteiger partial charge is 0.382 e. The number of nitrogens with two attached hydrogens (primary N) is 1. The average molecular weight is 674 g/mol. The van der Waals surface area contributed by atoms with Gasteiger partial charge in [-0.3, -0.25) is 15.5 Å². The number of hydrogen-bond acceptors (Lipinski definition) is 6. The van der Waals surface area contributed by atoms with Gasteiger partial charge < -0.3 is 20.9 Å². The lowest BCUT2D eigenvalue weighted by molar-refractivity contribution is 0.153. The van der Waals surface area contributed by atoms with Gasteiger partial charge in [-0.2, -0.15) is 10.2 Å². The molecular weight excluding hydrogens is 638 g/mol. The summed E-state index contributed by atoms with van der Waals surface area (Å²) in [7, 11) is 2.12. The van der Waals surface area contributed by atoms with Crippen LogP contribution in [-0.2, 0) is 0 Å². The molecule has 0 atom stereocenters. The summed E-state index contributed by atoms with van der Waals surface area (Å²) in [6.45, 7) is 5.62. The smallest absolute Gasteiger partial charge is 0.320 e. The third-order valence-electron chi connectivity index (χ3n) is 8.45. The van der Waals surface area contributed by atoms with E-state index in [-0.39, 0.29) is 33.8 Å². The van der Waals surface area contributed by atoms with Crippen LogP contribution >= 0.6 is 0 Å². The molecule has 10 nitrogen and oxygen atoms in total. The highest BCUT2D eigenvalue weighted by molar-refractivity contribution is 6.00. The van der Waals surface area contributed by atoms with Crippen LogP contribution in [0.5, 0.6) is 0 Å². The van der Waals surface area contributed by atoms with E-state index >= 15 is 0 Å². The highest BCUT2D eigenvalue weighted by atomic mass is 19.2. The molecule has 0 bridgehead atoms. The first kappa shape index (κ1) is 33.4. The molecule has 1 fully saturated rings. The van der Waals surface area contributed by atoms with Crippen LogP contribution in [0.2, 0.25) is 0 Å². The van der Waals surface area contributed by atoms with Crippen molar-refractivity contribution in [1.29, 1.82) is 0 Å². The Labute approximate surface area is 279 Å². The Balaban J connectivity index is 0.000000195. The van der Waals surface area contributed by atoms with Gasteiger partial charge in [0, 0.05) is 54.6 Å². The number of piperazine rings is 1. The molecule has 6 N–H and O–H groups in total. The molecule has 49 heavy (non-hydrogen) atoms. The number of carbonyl (C=O) groups excluding carboxylic acids is 1. The highest BCUT2D eigenvalue weighted by Gasteiger charge is 2.21. The number of nitrogen functional groups attached to an aromatic ring is 1. The molecule has 0 unspecified atom stereocenters. The summed E-state index contributed by atoms with van der Waals surface area (Å²) in [6, 6.07) is 20.0. The van der Waals surface area contributed by atoms with Gasteiger partial charge in [-0.05, 0) is 43.3 Å². The molecule has 1 aliphatic heterocycles. The molecule has 1 saturated heterocycles. The van der Waals surface area contributed by atoms with Crippen molar-refractivity contribution in [3.63, 3.8) is 0 Å². The molecular formula is C35H35F4N9O. The second-order valence-electron chi connectivity index (χ2n) is 11.7. The molecule has 6 aromatic rings. The van der Waals surface area contributed by atoms with Gasteiger partial charge in [0.25, 0.3) is 0 Å². The van der Waals surface area contributed by atoms with Gasteiger partial charge in [-0.15, -0.1) is 0 Å². The van der Waals surface area contributed by atoms with Crippen molar-refractivity contribution < 1.29 is 22.4 Å². The van der Waals surface area contributed by atoms with E-state index in [0.29, 0.717) is 28.4 Å². The van der Waals surface area contributed by atoms with E-state index in [2.05, 4.69) is 47.9 Å². The van der Waals surface area contributed by atoms with E-state index in [1.54, 1.807) is 54.6 Å². The quantitative estimate of drug-likeness (QED) is 0.0991. The average Bonchev–Trinajstić information content (AvgIpc) is 3.70. The Kier molecular flexibility index (Phi) is 10.1. The van der Waals surface area contributed by atoms with Crippen LogP contribution in [0.3, 0.4) is 0 Å². The van der Waals surface area contributed by atoms with E-state index < -0.39 is 29.3 Å². The first-order valence-electron chi connectivity index (χ1n) is 15.8. The minimum Gasteiger partial charge on any atom is -0.382 e. The molecule has 2 aromatic heterocycles. The number of nitrogens with one attached hydrogen (secondary N) is 4. The molecule has 0 saturated carbocycles. The lowest BCUT2D eigenvalue weighted by Crippen LogP contribution is -2.45. The lowest BCUT2D eigenvalue weighted by Gasteiger charge is -2.32. The third-order valence-corrected chi connectivity index (χ3v) is 8.45. The maximum absolute atomic E-state index is 14.6. The SMILES string of the molecule is CN1CCN(CCCNC(=O)Nc2n[nH]c3c(F)c(F)c(-c4ccccc4)cc23)CC1.Nc1n[nH]c2c(F)c(F)c(-c3ccccc3)cc12. The molecule has 3 heterocycles. The summed E-state index contributed by atoms with van der Waals surface area (Å²) >= 11 is 0. The fourth-order valence-corrected chi connectivity index (χ4v) is 5.69. The fourth-order valence-electron chi connectivity index (χ4n) is 5.69. The standard InChI is InChI=1S/C22H26F2N6O.C13H9F2N3/c1-29-10-12-30(13-11-29)9-5-8-25-22(31)26-21-17-14-16(15-6-3-2-4-7-15)18(23)19(24)20(17)27-28-21;14-10-8(7-4-2-1-3-5-7)6-9-12(11(10)15)17-18-13(9)16/h2-4,6-7,14H,5,8-13H2,1H3,(H3,25,26,27,28,31);1-6H,(H3,16,17,18). The van der Waals surface area contributed by atoms with Crippen molar-refractivity contribution in [3.05, 3.63) is 96.1 Å². The summed E-state index contributed by atoms with van der Waals surface area (Å²) in [6.07, 6.45) is 0.830. The van der Waals surface area contributed by atoms with E-state index in [0.717, 1.165) is 39.1 Å². The van der Waals surface area contributed by atoms with Crippen LogP contribution < -0.4 is 16.4 Å². The molecule has 2 amide bonds. The number of halogens is 4. The Morgan fingerprint density at radius 3 is 1.90 bits per heavy atom. The lowest BCUT2D eigenvalue weighted by atomic mass is 10.0. The minimum atomic E-state index is -1.02. The van der Waals surface area contributed by atoms with Gasteiger partial charge in [-0.1, -0.05) is 60.7 Å². The van der Waals surface area contributed by atoms with Gasteiger partial charge in [0.15, 0.2) is 34.9 Å². The number of anilines is 2. The van der Waals surface area contributed by atoms with Crippen molar-refractivity contribution >= 4 is 39.5 Å². The van der Waals surface area contributed by atoms with Gasteiger partial charge in [0.1, 0.15) is 11.0 Å². The number of urea groups is 1. The topological polar surface area (TPSA) is 131 Å². The monoisotopic (exact) mass is 673 g/mol. The van der Waals surface area contributed by atoms with Crippen LogP contribution in [0.25, 0.3) is 44.1 Å². The van der Waals surface area contributed by atoms with E-state index in [4.69, 9.17) is 5.73 Å². The Morgan fingerprint density at radius 2 is 1.31 bits per heavy atom. The number of benzene rings is 4. The third kappa shape index (κ3) is 7.34. The Morgan fingerprint density at radius 1 is 0.776 bits per heavy atom. The van der Waals surface area contributed by atoms with Crippen molar-refractivity contribution in [2.45, 2.75) is 6.42 Å². The Hall–Kier alpha value is -5.47. The molecule has 7 rings (SSSR count). The molecule has 1 aliphatic rings. The zero-order chi connectivity index (χ0) is 34.5. The summed E-state index contributed by atoms with van der Waals surface area (Å²) in [4.78, 5) is 17.0. The highest BCUT2D eigenvalue weighted by Crippen LogP contribution is 2.33. The molecule has 0 spiro atoms. The maximum Gasteiger partial charge on any atom is 0.320 e. The number of carbonyl (C=O) groups is 1. The predicted molar refractivity (Wildman–Crippen MR) is 183 cm³/mol. The molecule has 254 valence electrons. The summed E-state index contributed by atoms with van der Waals surface area (Å²) in [5, 5.41) is 18.6. The normalized spacial score (nSPS) is 13.7. The number of aromatic nitrogens is 4. The van der Waals surface area contributed by atoms with Crippen LogP contribution in [0.4, 0.5) is 34.0 Å². The number of amides is 2. The molecule has 0 aliphatic carbocycles. The number of aromatic amines is 2. The zero-order valence-corrected chi connectivity index (χ0v) is 26.7. The Bertz CT molecular complexity index is 2060. The number of rotatable bonds is 7. The van der Waals surface area contributed by atoms with Crippen molar-refractivity contribution in [2.24, 2.45) is 0 Å². The maximum atomic E-state index is 14.6. The van der Waals surface area contributed by atoms with E-state index in [1.165, 1.54) is 12.1 Å². The first-order chi connectivity index (χ1) is 23.7. The van der Waals surface area contributed by atoms with Crippen LogP contribution in [0, 0.1) is 23.3 Å². The molecule has 0 radical (unpaired) electrons. The first-order valence-corrected chi connectivity index (χ1v) is 15.8. The van der Waals surface area contributed by atoms with E-state index in [9.17, 15) is 22.4 Å². The van der Waals surface area contributed by atoms with E-state index in [1.807, 2.05) is 6.07 Å². The van der Waals surface area contributed by atoms with Crippen LogP contribution in [0.15, 0.2) is 72.8 Å². The summed E-state index contributed by atoms with van der Waals surface area (Å²) in [5.41, 5.74) is 6.95. The number of fused-ring (bicyclic) bond motifs is 2. The minimum absolute atomic E-state index is 0.00955. The van der Waals surface area contributed by atoms with Crippen molar-refractivity contribution in [2.75, 3.05) is 57.4 Å². The van der Waals surface area contributed by atoms with Crippen molar-refractivity contribution in [1.82, 2.24) is 35.5 Å². The molecule has 4 aromatic carbocycles. The second-order valence-corrected chi connectivity index (χ2v) is 11.7. The number of nitrogens with zero attached hydrogens (tertiary/aromatic N) is 4. The van der Waals surface area contributed by atoms with Gasteiger partial charge in [0.05, 0.1) is 0 Å². The van der Waals surface area contributed by atoms with Gasteiger partial charge in [-0.25, -0.2) is 22.4 Å². The number of likely N-dealkylation sites (N-methyl/N-ethyl adjacent to an activating group) is 1. The van der Waals surface area contributed by atoms with Crippen LogP contribution in [-0.4, -0.2) is 82.5 Å². The number of hydrogen-bond donors (Lipinski definition) is 5. The summed E-state index contributed by atoms with van der Waals surface area (Å²) < 4.78 is 56.9. The van der Waals surface area contributed by atoms with Gasteiger partial charge in [0.2, 0.25) is 0 Å². The fraction of sp³-hybridized carbons (Fsp3) is 0.229. The zero-order valence-electron chi connectivity index (χ0n) is 26.7. The van der Waals surface area contributed by atoms with Crippen molar-refractivity contribution in [3.8, 4) is 22.3 Å². The predicted octanol–water partition coefficient (Wildman–Crippen LogP) is 6.36. The second kappa shape index (κ2) is 14.7. The summed E-state index contributed by atoms with van der Waals surface area (Å²) in [5.74, 6) is -3.54. The van der Waals surface area contributed by atoms with Crippen LogP contribution in [0.1, 0.15) is 6.42 Å². The molecule has 14 heteroatoms.